The molecule has 0 aliphatic rings. The molecule has 0 saturated carbocycles. The van der Waals surface area contributed by atoms with Crippen LogP contribution in [0.4, 0.5) is 0 Å². The third-order valence-electron chi connectivity index (χ3n) is 7.05. The summed E-state index contributed by atoms with van der Waals surface area (Å²) in [5, 5.41) is 10.9. The summed E-state index contributed by atoms with van der Waals surface area (Å²) in [6, 6.07) is 29.4. The molecule has 2 aromatic heterocycles. The number of carbonyl (C=O) groups is 1. The number of nitrogens with zero attached hydrogens (tertiary/aromatic N) is 2. The van der Waals surface area contributed by atoms with Crippen molar-refractivity contribution in [3.05, 3.63) is 108 Å². The summed E-state index contributed by atoms with van der Waals surface area (Å²) in [5.74, 6) is 0.404. The first kappa shape index (κ1) is 34.3. The van der Waals surface area contributed by atoms with E-state index in [2.05, 4.69) is 22.1 Å². The average Bonchev–Trinajstić information content (AvgIpc) is 3.10. The van der Waals surface area contributed by atoms with Gasteiger partial charge < -0.3 is 28.8 Å². The number of ether oxygens (including phenoxy) is 5. The molecule has 3 aromatic carbocycles. The minimum absolute atomic E-state index is 0.234. The molecule has 0 atom stereocenters. The molecule has 2 heterocycles. The standard InChI is InChI=1S/C23H25NO5.C14H17NO2/c1-26-20-10-7-11-21(22(20)23(25)27-2)29-15-6-5-14-28-16-18-13-12-17-8-3-4-9-19(17)24-18;16-9-3-4-10-17-11-13-8-7-12-5-1-2-6-14(12)15-13/h3-4,7-13H,5-6,14-16H2,1-2H3;1-2,5-8,16H,3-4,9-11H2. The molecule has 0 bridgehead atoms. The highest BCUT2D eigenvalue weighted by Crippen LogP contribution is 2.29. The van der Waals surface area contributed by atoms with Gasteiger partial charge in [0.15, 0.2) is 0 Å². The largest absolute Gasteiger partial charge is 0.496 e. The minimum Gasteiger partial charge on any atom is -0.496 e. The first-order valence-electron chi connectivity index (χ1n) is 15.5. The first-order valence-corrected chi connectivity index (χ1v) is 15.5. The number of unbranched alkanes of at least 4 members (excludes halogenated alkanes) is 2. The average molecular weight is 627 g/mol. The zero-order valence-electron chi connectivity index (χ0n) is 26.5. The second-order valence-electron chi connectivity index (χ2n) is 10.4. The SMILES string of the molecule is COC(=O)c1c(OC)cccc1OCCCCOCc1ccc2ccccc2n1.OCCCCOCc1ccc2ccccc2n1. The number of hydrogen-bond donors (Lipinski definition) is 1. The summed E-state index contributed by atoms with van der Waals surface area (Å²) in [5.41, 5.74) is 4.15. The van der Waals surface area contributed by atoms with Gasteiger partial charge in [0.1, 0.15) is 17.1 Å². The maximum Gasteiger partial charge on any atom is 0.345 e. The van der Waals surface area contributed by atoms with E-state index in [4.69, 9.17) is 28.8 Å². The predicted octanol–water partition coefficient (Wildman–Crippen LogP) is 6.93. The number of esters is 1. The highest BCUT2D eigenvalue weighted by molar-refractivity contribution is 5.95. The van der Waals surface area contributed by atoms with Crippen molar-refractivity contribution >= 4 is 27.8 Å². The van der Waals surface area contributed by atoms with Crippen LogP contribution in [-0.2, 0) is 27.4 Å². The predicted molar refractivity (Wildman–Crippen MR) is 178 cm³/mol. The van der Waals surface area contributed by atoms with Gasteiger partial charge in [0, 0.05) is 30.6 Å². The molecule has 5 aromatic rings. The highest BCUT2D eigenvalue weighted by Gasteiger charge is 2.19. The monoisotopic (exact) mass is 626 g/mol. The Hall–Kier alpha value is -4.57. The Bertz CT molecular complexity index is 1660. The number of pyridine rings is 2. The van der Waals surface area contributed by atoms with Crippen molar-refractivity contribution in [2.24, 2.45) is 0 Å². The number of carbonyl (C=O) groups excluding carboxylic acids is 1. The fourth-order valence-electron chi connectivity index (χ4n) is 4.64. The molecule has 0 unspecified atom stereocenters. The number of hydrogen-bond acceptors (Lipinski definition) is 9. The van der Waals surface area contributed by atoms with E-state index in [0.717, 1.165) is 58.9 Å². The van der Waals surface area contributed by atoms with Gasteiger partial charge in [-0.1, -0.05) is 54.6 Å². The van der Waals surface area contributed by atoms with Crippen LogP contribution < -0.4 is 9.47 Å². The highest BCUT2D eigenvalue weighted by atomic mass is 16.5. The molecule has 0 saturated heterocycles. The summed E-state index contributed by atoms with van der Waals surface area (Å²) < 4.78 is 27.0. The summed E-state index contributed by atoms with van der Waals surface area (Å²) in [4.78, 5) is 21.1. The van der Waals surface area contributed by atoms with Crippen LogP contribution in [0.5, 0.6) is 11.5 Å². The molecule has 9 heteroatoms. The van der Waals surface area contributed by atoms with Crippen molar-refractivity contribution < 1.29 is 33.6 Å². The van der Waals surface area contributed by atoms with Crippen molar-refractivity contribution in [3.8, 4) is 11.5 Å². The number of aromatic nitrogens is 2. The van der Waals surface area contributed by atoms with Crippen molar-refractivity contribution in [2.75, 3.05) is 40.6 Å². The van der Waals surface area contributed by atoms with E-state index >= 15 is 0 Å². The quantitative estimate of drug-likeness (QED) is 0.0921. The van der Waals surface area contributed by atoms with Crippen LogP contribution in [0.25, 0.3) is 21.8 Å². The van der Waals surface area contributed by atoms with Crippen LogP contribution in [0.1, 0.15) is 47.4 Å². The van der Waals surface area contributed by atoms with E-state index in [9.17, 15) is 4.79 Å². The second kappa shape index (κ2) is 19.1. The zero-order valence-corrected chi connectivity index (χ0v) is 26.5. The lowest BCUT2D eigenvalue weighted by molar-refractivity contribution is 0.0591. The Kier molecular flexibility index (Phi) is 14.2. The van der Waals surface area contributed by atoms with Gasteiger partial charge in [0.05, 0.1) is 56.5 Å². The molecule has 0 amide bonds. The molecule has 0 spiro atoms. The van der Waals surface area contributed by atoms with Gasteiger partial charge in [0.2, 0.25) is 0 Å². The lowest BCUT2D eigenvalue weighted by Crippen LogP contribution is -2.09. The Morgan fingerprint density at radius 1 is 0.630 bits per heavy atom. The maximum absolute atomic E-state index is 12.0. The Morgan fingerprint density at radius 3 is 1.74 bits per heavy atom. The molecule has 1 N–H and O–H groups in total. The smallest absolute Gasteiger partial charge is 0.345 e. The van der Waals surface area contributed by atoms with Crippen LogP contribution in [0.2, 0.25) is 0 Å². The lowest BCUT2D eigenvalue weighted by atomic mass is 10.1. The maximum atomic E-state index is 12.0. The summed E-state index contributed by atoms with van der Waals surface area (Å²) >= 11 is 0. The zero-order chi connectivity index (χ0) is 32.4. The molecule has 242 valence electrons. The van der Waals surface area contributed by atoms with Crippen LogP contribution in [-0.4, -0.2) is 61.7 Å². The Balaban J connectivity index is 0.000000240. The van der Waals surface area contributed by atoms with E-state index in [-0.39, 0.29) is 6.61 Å². The van der Waals surface area contributed by atoms with E-state index < -0.39 is 5.97 Å². The van der Waals surface area contributed by atoms with Crippen molar-refractivity contribution in [3.63, 3.8) is 0 Å². The molecule has 0 aliphatic carbocycles. The summed E-state index contributed by atoms with van der Waals surface area (Å²) in [6.45, 7) is 3.01. The topological polar surface area (TPSA) is 109 Å². The fraction of sp³-hybridized carbons (Fsp3) is 0.324. The Morgan fingerprint density at radius 2 is 1.17 bits per heavy atom. The molecule has 0 radical (unpaired) electrons. The molecule has 9 nitrogen and oxygen atoms in total. The van der Waals surface area contributed by atoms with E-state index in [1.165, 1.54) is 14.2 Å². The first-order chi connectivity index (χ1) is 22.6. The molecule has 5 rings (SSSR count). The molecular formula is C37H42N2O7. The lowest BCUT2D eigenvalue weighted by Gasteiger charge is -2.13. The van der Waals surface area contributed by atoms with Crippen LogP contribution in [0.15, 0.2) is 91.0 Å². The molecule has 0 fully saturated rings. The van der Waals surface area contributed by atoms with E-state index in [0.29, 0.717) is 50.1 Å². The van der Waals surface area contributed by atoms with Crippen molar-refractivity contribution in [2.45, 2.75) is 38.9 Å². The van der Waals surface area contributed by atoms with Gasteiger partial charge >= 0.3 is 5.97 Å². The van der Waals surface area contributed by atoms with Gasteiger partial charge in [-0.25, -0.2) is 4.79 Å². The van der Waals surface area contributed by atoms with E-state index in [1.54, 1.807) is 18.2 Å². The Labute approximate surface area is 270 Å². The molecule has 46 heavy (non-hydrogen) atoms. The fourth-order valence-corrected chi connectivity index (χ4v) is 4.64. The van der Waals surface area contributed by atoms with Gasteiger partial charge in [-0.05, 0) is 62.1 Å². The number of benzene rings is 3. The van der Waals surface area contributed by atoms with Crippen molar-refractivity contribution in [1.82, 2.24) is 9.97 Å². The third kappa shape index (κ3) is 10.5. The minimum atomic E-state index is -0.483. The van der Waals surface area contributed by atoms with Gasteiger partial charge in [-0.3, -0.25) is 9.97 Å². The van der Waals surface area contributed by atoms with Crippen molar-refractivity contribution in [1.29, 1.82) is 0 Å². The molecular weight excluding hydrogens is 584 g/mol. The normalized spacial score (nSPS) is 10.8. The number of para-hydroxylation sites is 2. The van der Waals surface area contributed by atoms with Gasteiger partial charge in [-0.15, -0.1) is 0 Å². The second-order valence-corrected chi connectivity index (χ2v) is 10.4. The third-order valence-corrected chi connectivity index (χ3v) is 7.05. The van der Waals surface area contributed by atoms with E-state index in [1.807, 2.05) is 60.7 Å². The number of fused-ring (bicyclic) bond motifs is 2. The number of aliphatic hydroxyl groups excluding tert-OH is 1. The summed E-state index contributed by atoms with van der Waals surface area (Å²) in [6.07, 6.45) is 3.32. The van der Waals surface area contributed by atoms with Crippen LogP contribution >= 0.6 is 0 Å². The number of methoxy groups -OCH3 is 2. The molecule has 0 aliphatic heterocycles. The summed E-state index contributed by atoms with van der Waals surface area (Å²) in [7, 11) is 2.84. The number of rotatable bonds is 16. The van der Waals surface area contributed by atoms with Crippen LogP contribution in [0, 0.1) is 0 Å². The van der Waals surface area contributed by atoms with Gasteiger partial charge in [0.25, 0.3) is 0 Å². The number of aliphatic hydroxyl groups is 1. The van der Waals surface area contributed by atoms with Crippen LogP contribution in [0.3, 0.4) is 0 Å². The van der Waals surface area contributed by atoms with Gasteiger partial charge in [-0.2, -0.15) is 0 Å².